The number of benzene rings is 2. The smallest absolute Gasteiger partial charge is 0.265 e. The number of sulfonamides is 1. The van der Waals surface area contributed by atoms with E-state index >= 15 is 0 Å². The van der Waals surface area contributed by atoms with E-state index in [1.54, 1.807) is 30.3 Å². The fourth-order valence-corrected chi connectivity index (χ4v) is 4.13. The third kappa shape index (κ3) is 5.33. The van der Waals surface area contributed by atoms with Crippen LogP contribution in [0.1, 0.15) is 20.3 Å². The molecule has 1 atom stereocenters. The van der Waals surface area contributed by atoms with Crippen LogP contribution in [-0.2, 0) is 14.8 Å². The maximum atomic E-state index is 12.8. The van der Waals surface area contributed by atoms with Gasteiger partial charge in [-0.25, -0.2) is 8.42 Å². The molecule has 0 aromatic heterocycles. The average molecular weight is 439 g/mol. The first kappa shape index (κ1) is 21.3. The van der Waals surface area contributed by atoms with E-state index in [1.165, 1.54) is 10.4 Å². The second-order valence-corrected chi connectivity index (χ2v) is 9.37. The summed E-state index contributed by atoms with van der Waals surface area (Å²) < 4.78 is 37.1. The molecule has 29 heavy (non-hydrogen) atoms. The lowest BCUT2D eigenvalue weighted by Gasteiger charge is -2.21. The molecule has 0 bridgehead atoms. The standard InChI is InChI=1S/C20H23ClN2O5S/c1-13(2)27-16-6-4-5-15(12-16)22-20(24)19-9-10-23(29(3,25)26)17-11-14(21)7-8-18(17)28-19/h4-8,11-13,19H,9-10H2,1-3H3,(H,22,24). The second kappa shape index (κ2) is 8.51. The highest BCUT2D eigenvalue weighted by molar-refractivity contribution is 7.92. The van der Waals surface area contributed by atoms with Crippen LogP contribution in [0.5, 0.6) is 11.5 Å². The number of nitrogens with zero attached hydrogens (tertiary/aromatic N) is 1. The van der Waals surface area contributed by atoms with Gasteiger partial charge in [-0.15, -0.1) is 0 Å². The Bertz CT molecular complexity index is 1010. The molecule has 2 aromatic carbocycles. The molecule has 3 rings (SSSR count). The largest absolute Gasteiger partial charge is 0.491 e. The summed E-state index contributed by atoms with van der Waals surface area (Å²) in [4.78, 5) is 12.8. The molecule has 9 heteroatoms. The van der Waals surface area contributed by atoms with Crippen molar-refractivity contribution in [2.45, 2.75) is 32.5 Å². The molecule has 0 fully saturated rings. The highest BCUT2D eigenvalue weighted by Gasteiger charge is 2.31. The van der Waals surface area contributed by atoms with Crippen LogP contribution in [0.25, 0.3) is 0 Å². The van der Waals surface area contributed by atoms with Gasteiger partial charge in [0.15, 0.2) is 6.10 Å². The normalized spacial score (nSPS) is 16.6. The summed E-state index contributed by atoms with van der Waals surface area (Å²) in [6.45, 7) is 3.93. The van der Waals surface area contributed by atoms with Crippen molar-refractivity contribution in [1.82, 2.24) is 0 Å². The molecule has 1 heterocycles. The lowest BCUT2D eigenvalue weighted by Crippen LogP contribution is -2.35. The van der Waals surface area contributed by atoms with Gasteiger partial charge in [-0.05, 0) is 44.2 Å². The summed E-state index contributed by atoms with van der Waals surface area (Å²) in [5.41, 5.74) is 0.889. The third-order valence-electron chi connectivity index (χ3n) is 4.22. The number of rotatable bonds is 5. The predicted molar refractivity (Wildman–Crippen MR) is 114 cm³/mol. The van der Waals surface area contributed by atoms with E-state index in [1.807, 2.05) is 19.9 Å². The van der Waals surface area contributed by atoms with Gasteiger partial charge in [0.25, 0.3) is 5.91 Å². The van der Waals surface area contributed by atoms with E-state index in [9.17, 15) is 13.2 Å². The topological polar surface area (TPSA) is 84.9 Å². The number of anilines is 2. The molecule has 1 aliphatic heterocycles. The van der Waals surface area contributed by atoms with Crippen LogP contribution < -0.4 is 19.1 Å². The molecule has 156 valence electrons. The highest BCUT2D eigenvalue weighted by Crippen LogP contribution is 2.36. The van der Waals surface area contributed by atoms with Gasteiger partial charge in [-0.1, -0.05) is 17.7 Å². The number of carbonyl (C=O) groups is 1. The molecule has 0 saturated heterocycles. The predicted octanol–water partition coefficient (Wildman–Crippen LogP) is 3.68. The maximum Gasteiger partial charge on any atom is 0.265 e. The molecular weight excluding hydrogens is 416 g/mol. The van der Waals surface area contributed by atoms with Crippen molar-refractivity contribution in [2.24, 2.45) is 0 Å². The number of fused-ring (bicyclic) bond motifs is 1. The van der Waals surface area contributed by atoms with Crippen molar-refractivity contribution in [3.8, 4) is 11.5 Å². The maximum absolute atomic E-state index is 12.8. The molecule has 1 amide bonds. The average Bonchev–Trinajstić information content (AvgIpc) is 2.80. The zero-order chi connectivity index (χ0) is 21.2. The first-order valence-electron chi connectivity index (χ1n) is 9.15. The zero-order valence-electron chi connectivity index (χ0n) is 16.4. The second-order valence-electron chi connectivity index (χ2n) is 7.03. The lowest BCUT2D eigenvalue weighted by molar-refractivity contribution is -0.122. The van der Waals surface area contributed by atoms with Crippen LogP contribution in [0, 0.1) is 0 Å². The van der Waals surface area contributed by atoms with Gasteiger partial charge < -0.3 is 14.8 Å². The summed E-state index contributed by atoms with van der Waals surface area (Å²) in [6.07, 6.45) is 0.443. The molecular formula is C20H23ClN2O5S. The molecule has 1 aliphatic rings. The molecule has 2 aromatic rings. The van der Waals surface area contributed by atoms with Gasteiger partial charge in [0.1, 0.15) is 11.5 Å². The minimum Gasteiger partial charge on any atom is -0.491 e. The zero-order valence-corrected chi connectivity index (χ0v) is 18.0. The van der Waals surface area contributed by atoms with Crippen LogP contribution in [0.4, 0.5) is 11.4 Å². The van der Waals surface area contributed by atoms with E-state index in [4.69, 9.17) is 21.1 Å². The minimum atomic E-state index is -3.56. The molecule has 0 aliphatic carbocycles. The molecule has 1 N–H and O–H groups in total. The van der Waals surface area contributed by atoms with Gasteiger partial charge in [0.2, 0.25) is 10.0 Å². The lowest BCUT2D eigenvalue weighted by atomic mass is 10.2. The van der Waals surface area contributed by atoms with Crippen LogP contribution in [0.15, 0.2) is 42.5 Å². The Morgan fingerprint density at radius 2 is 2.03 bits per heavy atom. The van der Waals surface area contributed by atoms with Gasteiger partial charge in [-0.3, -0.25) is 9.10 Å². The molecule has 0 saturated carbocycles. The van der Waals surface area contributed by atoms with E-state index in [2.05, 4.69) is 5.32 Å². The van der Waals surface area contributed by atoms with Gasteiger partial charge >= 0.3 is 0 Å². The molecule has 0 spiro atoms. The minimum absolute atomic E-state index is 0.0106. The fraction of sp³-hybridized carbons (Fsp3) is 0.350. The Morgan fingerprint density at radius 1 is 1.28 bits per heavy atom. The van der Waals surface area contributed by atoms with Gasteiger partial charge in [0.05, 0.1) is 18.0 Å². The van der Waals surface area contributed by atoms with Crippen molar-refractivity contribution >= 4 is 38.9 Å². The molecule has 1 unspecified atom stereocenters. The monoisotopic (exact) mass is 438 g/mol. The Balaban J connectivity index is 1.82. The van der Waals surface area contributed by atoms with E-state index in [-0.39, 0.29) is 30.7 Å². The van der Waals surface area contributed by atoms with Crippen molar-refractivity contribution in [2.75, 3.05) is 22.4 Å². The van der Waals surface area contributed by atoms with Crippen molar-refractivity contribution in [1.29, 1.82) is 0 Å². The number of halogens is 1. The van der Waals surface area contributed by atoms with Crippen LogP contribution in [0.2, 0.25) is 5.02 Å². The summed E-state index contributed by atoms with van der Waals surface area (Å²) in [5.74, 6) is 0.556. The summed E-state index contributed by atoms with van der Waals surface area (Å²) in [7, 11) is -3.56. The fourth-order valence-electron chi connectivity index (χ4n) is 3.02. The number of hydrogen-bond acceptors (Lipinski definition) is 5. The van der Waals surface area contributed by atoms with Crippen LogP contribution >= 0.6 is 11.6 Å². The Labute approximate surface area is 175 Å². The first-order valence-corrected chi connectivity index (χ1v) is 11.4. The van der Waals surface area contributed by atoms with Gasteiger partial charge in [-0.2, -0.15) is 0 Å². The Morgan fingerprint density at radius 3 is 2.72 bits per heavy atom. The SMILES string of the molecule is CC(C)Oc1cccc(NC(=O)C2CCN(S(C)(=O)=O)c3cc(Cl)ccc3O2)c1. The van der Waals surface area contributed by atoms with E-state index in [0.29, 0.717) is 22.1 Å². The third-order valence-corrected chi connectivity index (χ3v) is 5.63. The van der Waals surface area contributed by atoms with Crippen LogP contribution in [0.3, 0.4) is 0 Å². The quantitative estimate of drug-likeness (QED) is 0.769. The van der Waals surface area contributed by atoms with Crippen molar-refractivity contribution < 1.29 is 22.7 Å². The Kier molecular flexibility index (Phi) is 6.24. The first-order chi connectivity index (χ1) is 13.6. The number of hydrogen-bond donors (Lipinski definition) is 1. The highest BCUT2D eigenvalue weighted by atomic mass is 35.5. The van der Waals surface area contributed by atoms with Crippen molar-refractivity contribution in [3.63, 3.8) is 0 Å². The number of ether oxygens (including phenoxy) is 2. The summed E-state index contributed by atoms with van der Waals surface area (Å²) in [6, 6.07) is 11.7. The van der Waals surface area contributed by atoms with E-state index < -0.39 is 16.1 Å². The van der Waals surface area contributed by atoms with E-state index in [0.717, 1.165) is 6.26 Å². The number of carbonyl (C=O) groups excluding carboxylic acids is 1. The molecule has 7 nitrogen and oxygen atoms in total. The van der Waals surface area contributed by atoms with Gasteiger partial charge in [0, 0.05) is 29.7 Å². The summed E-state index contributed by atoms with van der Waals surface area (Å²) in [5, 5.41) is 3.19. The molecule has 0 radical (unpaired) electrons. The number of amides is 1. The number of nitrogens with one attached hydrogen (secondary N) is 1. The van der Waals surface area contributed by atoms with Crippen molar-refractivity contribution in [3.05, 3.63) is 47.5 Å². The summed E-state index contributed by atoms with van der Waals surface area (Å²) >= 11 is 6.03. The Hall–Kier alpha value is -2.45. The van der Waals surface area contributed by atoms with Crippen LogP contribution in [-0.4, -0.2) is 39.3 Å².